The van der Waals surface area contributed by atoms with E-state index in [0.29, 0.717) is 11.4 Å². The van der Waals surface area contributed by atoms with Crippen molar-refractivity contribution < 1.29 is 10.0 Å². The maximum absolute atomic E-state index is 11.3. The van der Waals surface area contributed by atoms with E-state index < -0.39 is 11.0 Å². The predicted molar refractivity (Wildman–Crippen MR) is 94.0 cm³/mol. The maximum Gasteiger partial charge on any atom is 0.295 e. The zero-order valence-corrected chi connectivity index (χ0v) is 13.2. The van der Waals surface area contributed by atoms with Crippen molar-refractivity contribution in [1.82, 2.24) is 9.97 Å². The molecule has 126 valence electrons. The van der Waals surface area contributed by atoms with E-state index in [0.717, 1.165) is 5.56 Å². The summed E-state index contributed by atoms with van der Waals surface area (Å²) in [5.41, 5.74) is 1.61. The van der Waals surface area contributed by atoms with Crippen LogP contribution in [0.2, 0.25) is 0 Å². The summed E-state index contributed by atoms with van der Waals surface area (Å²) in [5.74, 6) is 0.456. The molecular weight excluding hydrogens is 320 g/mol. The smallest absolute Gasteiger partial charge is 0.295 e. The molecular formula is C18H16N4O3. The Kier molecular flexibility index (Phi) is 4.96. The summed E-state index contributed by atoms with van der Waals surface area (Å²) in [6.07, 6.45) is 2.48. The summed E-state index contributed by atoms with van der Waals surface area (Å²) in [6, 6.07) is 15.4. The summed E-state index contributed by atoms with van der Waals surface area (Å²) in [7, 11) is 0. The van der Waals surface area contributed by atoms with Gasteiger partial charge < -0.3 is 10.4 Å². The quantitative estimate of drug-likeness (QED) is 0.529. The third-order valence-corrected chi connectivity index (χ3v) is 3.69. The van der Waals surface area contributed by atoms with Crippen molar-refractivity contribution >= 4 is 11.5 Å². The lowest BCUT2D eigenvalue weighted by atomic mass is 10.1. The van der Waals surface area contributed by atoms with Crippen LogP contribution in [-0.4, -0.2) is 26.5 Å². The lowest BCUT2D eigenvalue weighted by Gasteiger charge is -2.13. The first-order valence-electron chi connectivity index (χ1n) is 7.68. The minimum Gasteiger partial charge on any atom is -0.387 e. The Balaban J connectivity index is 1.82. The van der Waals surface area contributed by atoms with Crippen LogP contribution in [0.5, 0.6) is 0 Å². The number of rotatable bonds is 6. The second-order valence-electron chi connectivity index (χ2n) is 5.36. The Bertz CT molecular complexity index is 857. The summed E-state index contributed by atoms with van der Waals surface area (Å²) >= 11 is 0. The van der Waals surface area contributed by atoms with Crippen molar-refractivity contribution in [2.45, 2.75) is 6.10 Å². The summed E-state index contributed by atoms with van der Waals surface area (Å²) in [6.45, 7) is 0.225. The molecule has 0 fully saturated rings. The van der Waals surface area contributed by atoms with Crippen molar-refractivity contribution in [3.63, 3.8) is 0 Å². The van der Waals surface area contributed by atoms with Gasteiger partial charge in [-0.15, -0.1) is 0 Å². The molecule has 2 aromatic heterocycles. The second-order valence-corrected chi connectivity index (χ2v) is 5.36. The van der Waals surface area contributed by atoms with E-state index in [-0.39, 0.29) is 17.9 Å². The molecule has 2 N–H and O–H groups in total. The molecule has 7 nitrogen and oxygen atoms in total. The van der Waals surface area contributed by atoms with E-state index >= 15 is 0 Å². The number of benzene rings is 1. The number of hydrogen-bond donors (Lipinski definition) is 2. The molecule has 0 aliphatic rings. The number of aliphatic hydroxyl groups excluding tert-OH is 1. The molecule has 3 aromatic rings. The normalized spacial score (nSPS) is 11.7. The zero-order valence-electron chi connectivity index (χ0n) is 13.2. The number of aliphatic hydroxyl groups is 1. The van der Waals surface area contributed by atoms with Crippen LogP contribution in [0, 0.1) is 10.1 Å². The van der Waals surface area contributed by atoms with Crippen molar-refractivity contribution in [3.8, 4) is 11.3 Å². The third-order valence-electron chi connectivity index (χ3n) is 3.69. The van der Waals surface area contributed by atoms with Crippen LogP contribution in [0.1, 0.15) is 11.7 Å². The number of nitro groups is 1. The first kappa shape index (κ1) is 16.5. The van der Waals surface area contributed by atoms with Gasteiger partial charge in [0.05, 0.1) is 11.0 Å². The number of nitrogens with zero attached hydrogens (tertiary/aromatic N) is 3. The molecule has 0 spiro atoms. The van der Waals surface area contributed by atoms with E-state index in [4.69, 9.17) is 0 Å². The summed E-state index contributed by atoms with van der Waals surface area (Å²) in [5, 5.41) is 24.5. The monoisotopic (exact) mass is 336 g/mol. The van der Waals surface area contributed by atoms with E-state index in [9.17, 15) is 15.2 Å². The molecule has 2 heterocycles. The average molecular weight is 336 g/mol. The predicted octanol–water partition coefficient (Wildman–Crippen LogP) is 3.20. The fourth-order valence-corrected chi connectivity index (χ4v) is 2.41. The minimum absolute atomic E-state index is 0.0635. The van der Waals surface area contributed by atoms with Gasteiger partial charge in [0.15, 0.2) is 5.69 Å². The van der Waals surface area contributed by atoms with Crippen molar-refractivity contribution in [2.24, 2.45) is 0 Å². The van der Waals surface area contributed by atoms with Gasteiger partial charge in [0.1, 0.15) is 5.82 Å². The fourth-order valence-electron chi connectivity index (χ4n) is 2.41. The summed E-state index contributed by atoms with van der Waals surface area (Å²) < 4.78 is 0. The molecule has 0 bridgehead atoms. The van der Waals surface area contributed by atoms with E-state index in [1.165, 1.54) is 12.1 Å². The summed E-state index contributed by atoms with van der Waals surface area (Å²) in [4.78, 5) is 19.1. The topological polar surface area (TPSA) is 101 Å². The van der Waals surface area contributed by atoms with Crippen LogP contribution < -0.4 is 5.32 Å². The highest BCUT2D eigenvalue weighted by atomic mass is 16.6. The first-order chi connectivity index (χ1) is 12.1. The second kappa shape index (κ2) is 7.50. The highest BCUT2D eigenvalue weighted by Gasteiger charge is 2.18. The van der Waals surface area contributed by atoms with Crippen LogP contribution in [0.15, 0.2) is 67.0 Å². The van der Waals surface area contributed by atoms with Gasteiger partial charge in [-0.05, 0) is 23.8 Å². The van der Waals surface area contributed by atoms with Crippen molar-refractivity contribution in [3.05, 3.63) is 82.7 Å². The SMILES string of the molecule is O=[N+]([O-])c1ccc(NCC(O)c2ccncc2)nc1-c1ccccc1. The third kappa shape index (κ3) is 3.96. The number of hydrogen-bond acceptors (Lipinski definition) is 6. The van der Waals surface area contributed by atoms with Gasteiger partial charge in [0.25, 0.3) is 5.69 Å². The number of anilines is 1. The highest BCUT2D eigenvalue weighted by Crippen LogP contribution is 2.29. The first-order valence-corrected chi connectivity index (χ1v) is 7.68. The molecule has 1 unspecified atom stereocenters. The molecule has 0 saturated heterocycles. The van der Waals surface area contributed by atoms with E-state index in [1.807, 2.05) is 6.07 Å². The van der Waals surface area contributed by atoms with Crippen molar-refractivity contribution in [2.75, 3.05) is 11.9 Å². The molecule has 0 saturated carbocycles. The van der Waals surface area contributed by atoms with Crippen molar-refractivity contribution in [1.29, 1.82) is 0 Å². The van der Waals surface area contributed by atoms with Crippen LogP contribution >= 0.6 is 0 Å². The fraction of sp³-hybridized carbons (Fsp3) is 0.111. The molecule has 0 radical (unpaired) electrons. The van der Waals surface area contributed by atoms with E-state index in [1.54, 1.807) is 48.8 Å². The lowest BCUT2D eigenvalue weighted by Crippen LogP contribution is -2.13. The molecule has 3 rings (SSSR count). The Morgan fingerprint density at radius 2 is 1.80 bits per heavy atom. The Morgan fingerprint density at radius 3 is 2.48 bits per heavy atom. The van der Waals surface area contributed by atoms with Gasteiger partial charge in [0.2, 0.25) is 0 Å². The molecule has 1 aromatic carbocycles. The largest absolute Gasteiger partial charge is 0.387 e. The zero-order chi connectivity index (χ0) is 17.6. The van der Waals surface area contributed by atoms with Gasteiger partial charge in [-0.3, -0.25) is 15.1 Å². The molecule has 25 heavy (non-hydrogen) atoms. The Morgan fingerprint density at radius 1 is 1.08 bits per heavy atom. The minimum atomic E-state index is -0.736. The number of nitrogens with one attached hydrogen (secondary N) is 1. The lowest BCUT2D eigenvalue weighted by molar-refractivity contribution is -0.384. The van der Waals surface area contributed by atoms with Gasteiger partial charge in [-0.25, -0.2) is 4.98 Å². The van der Waals surface area contributed by atoms with Gasteiger partial charge in [0, 0.05) is 30.6 Å². The van der Waals surface area contributed by atoms with Gasteiger partial charge in [-0.1, -0.05) is 30.3 Å². The molecule has 0 amide bonds. The standard InChI is InChI=1S/C18H16N4O3/c23-16(13-8-10-19-11-9-13)12-20-17-7-6-15(22(24)25)18(21-17)14-4-2-1-3-5-14/h1-11,16,23H,12H2,(H,20,21). The Labute approximate surface area is 144 Å². The molecule has 1 atom stereocenters. The van der Waals surface area contributed by atoms with Crippen LogP contribution in [0.4, 0.5) is 11.5 Å². The number of pyridine rings is 2. The Hall–Kier alpha value is -3.32. The van der Waals surface area contributed by atoms with Crippen LogP contribution in [0.25, 0.3) is 11.3 Å². The molecule has 0 aliphatic carbocycles. The van der Waals surface area contributed by atoms with Crippen LogP contribution in [0.3, 0.4) is 0 Å². The average Bonchev–Trinajstić information content (AvgIpc) is 2.67. The van der Waals surface area contributed by atoms with Gasteiger partial charge in [-0.2, -0.15) is 0 Å². The molecule has 7 heteroatoms. The van der Waals surface area contributed by atoms with Crippen LogP contribution in [-0.2, 0) is 0 Å². The number of aromatic nitrogens is 2. The highest BCUT2D eigenvalue weighted by molar-refractivity contribution is 5.71. The van der Waals surface area contributed by atoms with E-state index in [2.05, 4.69) is 15.3 Å². The van der Waals surface area contributed by atoms with Gasteiger partial charge >= 0.3 is 0 Å². The molecule has 0 aliphatic heterocycles. The maximum atomic E-state index is 11.3.